The van der Waals surface area contributed by atoms with Crippen LogP contribution in [0.4, 0.5) is 8.78 Å². The van der Waals surface area contributed by atoms with Crippen LogP contribution in [-0.2, 0) is 4.79 Å². The average Bonchev–Trinajstić information content (AvgIpc) is 2.12. The summed E-state index contributed by atoms with van der Waals surface area (Å²) in [6, 6.07) is 1.02. The normalized spacial score (nSPS) is 10.6. The first-order valence-corrected chi connectivity index (χ1v) is 3.65. The standard InChI is InChI=1S/C9H7F2NO/c10-8-5-7(3-1-2-4-13)6-12-9(8)11/h1,3-6H,2H2. The zero-order valence-electron chi connectivity index (χ0n) is 6.71. The van der Waals surface area contributed by atoms with E-state index < -0.39 is 11.8 Å². The third kappa shape index (κ3) is 2.74. The van der Waals surface area contributed by atoms with Crippen molar-refractivity contribution in [1.82, 2.24) is 4.98 Å². The Kier molecular flexibility index (Phi) is 3.25. The van der Waals surface area contributed by atoms with Crippen molar-refractivity contribution in [3.8, 4) is 0 Å². The number of allylic oxidation sites excluding steroid dienone is 1. The van der Waals surface area contributed by atoms with Gasteiger partial charge in [-0.2, -0.15) is 4.39 Å². The summed E-state index contributed by atoms with van der Waals surface area (Å²) in [5.41, 5.74) is 0.431. The quantitative estimate of drug-likeness (QED) is 0.529. The van der Waals surface area contributed by atoms with Crippen molar-refractivity contribution >= 4 is 12.4 Å². The first kappa shape index (κ1) is 9.51. The van der Waals surface area contributed by atoms with Crippen LogP contribution in [-0.4, -0.2) is 11.3 Å². The number of pyridine rings is 1. The molecule has 0 saturated carbocycles. The van der Waals surface area contributed by atoms with Crippen LogP contribution in [0.5, 0.6) is 0 Å². The van der Waals surface area contributed by atoms with Gasteiger partial charge in [0.15, 0.2) is 5.82 Å². The molecule has 0 radical (unpaired) electrons. The van der Waals surface area contributed by atoms with Crippen molar-refractivity contribution in [1.29, 1.82) is 0 Å². The second kappa shape index (κ2) is 4.45. The smallest absolute Gasteiger partial charge is 0.248 e. The highest BCUT2D eigenvalue weighted by Crippen LogP contribution is 2.06. The lowest BCUT2D eigenvalue weighted by atomic mass is 10.2. The van der Waals surface area contributed by atoms with Gasteiger partial charge in [0.2, 0.25) is 5.95 Å². The van der Waals surface area contributed by atoms with Gasteiger partial charge in [0.05, 0.1) is 0 Å². The maximum Gasteiger partial charge on any atom is 0.248 e. The summed E-state index contributed by atoms with van der Waals surface area (Å²) in [7, 11) is 0. The van der Waals surface area contributed by atoms with Gasteiger partial charge in [-0.25, -0.2) is 9.37 Å². The van der Waals surface area contributed by atoms with E-state index in [1.165, 1.54) is 12.3 Å². The van der Waals surface area contributed by atoms with Crippen molar-refractivity contribution in [3.63, 3.8) is 0 Å². The predicted octanol–water partition coefficient (Wildman–Crippen LogP) is 1.96. The first-order valence-electron chi connectivity index (χ1n) is 3.65. The van der Waals surface area contributed by atoms with E-state index >= 15 is 0 Å². The van der Waals surface area contributed by atoms with E-state index in [0.717, 1.165) is 6.07 Å². The van der Waals surface area contributed by atoms with Crippen molar-refractivity contribution in [2.45, 2.75) is 6.42 Å². The lowest BCUT2D eigenvalue weighted by Gasteiger charge is -1.93. The molecule has 0 atom stereocenters. The monoisotopic (exact) mass is 183 g/mol. The molecule has 1 aromatic heterocycles. The lowest BCUT2D eigenvalue weighted by Crippen LogP contribution is -1.89. The molecule has 0 spiro atoms. The Balaban J connectivity index is 2.79. The fraction of sp³-hybridized carbons (Fsp3) is 0.111. The zero-order chi connectivity index (χ0) is 9.68. The van der Waals surface area contributed by atoms with Crippen molar-refractivity contribution in [2.24, 2.45) is 0 Å². The molecule has 1 heterocycles. The first-order chi connectivity index (χ1) is 6.24. The number of carbonyl (C=O) groups excluding carboxylic acids is 1. The van der Waals surface area contributed by atoms with Gasteiger partial charge in [0.25, 0.3) is 0 Å². The molecule has 68 valence electrons. The molecule has 0 bridgehead atoms. The lowest BCUT2D eigenvalue weighted by molar-refractivity contribution is -0.107. The number of rotatable bonds is 3. The molecule has 0 aromatic carbocycles. The highest BCUT2D eigenvalue weighted by atomic mass is 19.2. The molecule has 0 unspecified atom stereocenters. The van der Waals surface area contributed by atoms with Gasteiger partial charge in [-0.3, -0.25) is 0 Å². The van der Waals surface area contributed by atoms with Gasteiger partial charge in [-0.15, -0.1) is 0 Å². The van der Waals surface area contributed by atoms with Crippen LogP contribution in [0.2, 0.25) is 0 Å². The summed E-state index contributed by atoms with van der Waals surface area (Å²) in [6.45, 7) is 0. The topological polar surface area (TPSA) is 30.0 Å². The summed E-state index contributed by atoms with van der Waals surface area (Å²) in [4.78, 5) is 13.1. The van der Waals surface area contributed by atoms with Gasteiger partial charge in [-0.05, 0) is 11.6 Å². The molecule has 1 aromatic rings. The van der Waals surface area contributed by atoms with E-state index in [1.54, 1.807) is 6.08 Å². The molecule has 2 nitrogen and oxygen atoms in total. The number of hydrogen-bond donors (Lipinski definition) is 0. The van der Waals surface area contributed by atoms with E-state index in [2.05, 4.69) is 4.98 Å². The molecule has 0 N–H and O–H groups in total. The molecule has 1 rings (SSSR count). The summed E-state index contributed by atoms with van der Waals surface area (Å²) < 4.78 is 24.9. The summed E-state index contributed by atoms with van der Waals surface area (Å²) in [5, 5.41) is 0. The highest BCUT2D eigenvalue weighted by Gasteiger charge is 2.00. The SMILES string of the molecule is O=CCC=Cc1cnc(F)c(F)c1. The molecule has 0 aliphatic heterocycles. The fourth-order valence-electron chi connectivity index (χ4n) is 0.787. The number of hydrogen-bond acceptors (Lipinski definition) is 2. The van der Waals surface area contributed by atoms with E-state index in [0.29, 0.717) is 11.8 Å². The fourth-order valence-corrected chi connectivity index (χ4v) is 0.787. The van der Waals surface area contributed by atoms with Crippen molar-refractivity contribution < 1.29 is 13.6 Å². The molecule has 13 heavy (non-hydrogen) atoms. The minimum atomic E-state index is -1.12. The van der Waals surface area contributed by atoms with Crippen LogP contribution < -0.4 is 0 Å². The van der Waals surface area contributed by atoms with E-state index in [9.17, 15) is 13.6 Å². The Labute approximate surface area is 73.9 Å². The van der Waals surface area contributed by atoms with E-state index in [1.807, 2.05) is 0 Å². The Morgan fingerprint density at radius 3 is 2.85 bits per heavy atom. The van der Waals surface area contributed by atoms with Gasteiger partial charge in [-0.1, -0.05) is 12.2 Å². The van der Waals surface area contributed by atoms with Gasteiger partial charge >= 0.3 is 0 Å². The van der Waals surface area contributed by atoms with Crippen LogP contribution >= 0.6 is 0 Å². The molecular weight excluding hydrogens is 176 g/mol. The maximum atomic E-state index is 12.5. The van der Waals surface area contributed by atoms with Crippen LogP contribution in [0.15, 0.2) is 18.3 Å². The molecule has 4 heteroatoms. The Morgan fingerprint density at radius 1 is 1.46 bits per heavy atom. The van der Waals surface area contributed by atoms with Crippen molar-refractivity contribution in [3.05, 3.63) is 35.7 Å². The Hall–Kier alpha value is -1.58. The summed E-state index contributed by atoms with van der Waals surface area (Å²) in [5.74, 6) is -2.11. The third-order valence-electron chi connectivity index (χ3n) is 1.36. The maximum absolute atomic E-state index is 12.5. The number of nitrogens with zero attached hydrogens (tertiary/aromatic N) is 1. The largest absolute Gasteiger partial charge is 0.303 e. The minimum Gasteiger partial charge on any atom is -0.303 e. The van der Waals surface area contributed by atoms with Crippen LogP contribution in [0.3, 0.4) is 0 Å². The number of aromatic nitrogens is 1. The summed E-state index contributed by atoms with van der Waals surface area (Å²) >= 11 is 0. The Morgan fingerprint density at radius 2 is 2.23 bits per heavy atom. The van der Waals surface area contributed by atoms with Gasteiger partial charge in [0.1, 0.15) is 6.29 Å². The third-order valence-corrected chi connectivity index (χ3v) is 1.36. The van der Waals surface area contributed by atoms with Gasteiger partial charge < -0.3 is 4.79 Å². The number of aldehydes is 1. The number of halogens is 2. The molecule has 0 amide bonds. The van der Waals surface area contributed by atoms with E-state index in [4.69, 9.17) is 0 Å². The summed E-state index contributed by atoms with van der Waals surface area (Å²) in [6.07, 6.45) is 5.20. The molecule has 0 aliphatic rings. The van der Waals surface area contributed by atoms with Crippen LogP contribution in [0, 0.1) is 11.8 Å². The Bertz CT molecular complexity index is 336. The number of carbonyl (C=O) groups is 1. The second-order valence-electron chi connectivity index (χ2n) is 2.35. The average molecular weight is 183 g/mol. The van der Waals surface area contributed by atoms with Crippen molar-refractivity contribution in [2.75, 3.05) is 0 Å². The molecule has 0 saturated heterocycles. The van der Waals surface area contributed by atoms with Crippen LogP contribution in [0.25, 0.3) is 6.08 Å². The zero-order valence-corrected chi connectivity index (χ0v) is 6.71. The highest BCUT2D eigenvalue weighted by molar-refractivity contribution is 5.57. The van der Waals surface area contributed by atoms with E-state index in [-0.39, 0.29) is 6.42 Å². The molecule has 0 fully saturated rings. The van der Waals surface area contributed by atoms with Gasteiger partial charge in [0, 0.05) is 12.6 Å². The molecular formula is C9H7F2NO. The minimum absolute atomic E-state index is 0.249. The second-order valence-corrected chi connectivity index (χ2v) is 2.35. The van der Waals surface area contributed by atoms with Crippen LogP contribution in [0.1, 0.15) is 12.0 Å². The molecule has 0 aliphatic carbocycles. The predicted molar refractivity (Wildman–Crippen MR) is 43.9 cm³/mol.